The molecule has 1 aliphatic heterocycles. The molecule has 1 aliphatic rings. The summed E-state index contributed by atoms with van der Waals surface area (Å²) in [6.07, 6.45) is 1.20. The highest BCUT2D eigenvalue weighted by Gasteiger charge is 2.33. The second-order valence-corrected chi connectivity index (χ2v) is 6.83. The van der Waals surface area contributed by atoms with Crippen LogP contribution in [0.1, 0.15) is 0 Å². The van der Waals surface area contributed by atoms with E-state index < -0.39 is 15.2 Å². The highest BCUT2D eigenvalue weighted by molar-refractivity contribution is 8.01. The van der Waals surface area contributed by atoms with Gasteiger partial charge in [-0.05, 0) is 0 Å². The second-order valence-electron chi connectivity index (χ2n) is 3.48. The number of sulfone groups is 1. The Bertz CT molecular complexity index is 472. The third-order valence-electron chi connectivity index (χ3n) is 2.25. The molecule has 90 valence electrons. The van der Waals surface area contributed by atoms with Crippen LogP contribution in [0.4, 0.5) is 12.0 Å². The van der Waals surface area contributed by atoms with Crippen LogP contribution in [0.3, 0.4) is 0 Å². The Morgan fingerprint density at radius 2 is 2.31 bits per heavy atom. The van der Waals surface area contributed by atoms with Crippen molar-refractivity contribution in [3.05, 3.63) is 0 Å². The lowest BCUT2D eigenvalue weighted by Crippen LogP contribution is -2.47. The van der Waals surface area contributed by atoms with Gasteiger partial charge >= 0.3 is 12.0 Å². The molecule has 2 heterocycles. The Kier molecular flexibility index (Phi) is 2.98. The Labute approximate surface area is 97.3 Å². The molecule has 9 heteroatoms. The number of aromatic nitrogens is 2. The minimum Gasteiger partial charge on any atom is -0.390 e. The Morgan fingerprint density at radius 3 is 2.88 bits per heavy atom. The summed E-state index contributed by atoms with van der Waals surface area (Å²) < 4.78 is 28.3. The zero-order chi connectivity index (χ0) is 11.8. The van der Waals surface area contributed by atoms with Crippen LogP contribution in [0, 0.1) is 0 Å². The van der Waals surface area contributed by atoms with Gasteiger partial charge in [-0.15, -0.1) is 0 Å². The van der Waals surface area contributed by atoms with Gasteiger partial charge in [0.15, 0.2) is 9.84 Å². The topological polar surface area (TPSA) is 102 Å². The van der Waals surface area contributed by atoms with Crippen LogP contribution in [-0.2, 0) is 9.84 Å². The van der Waals surface area contributed by atoms with Crippen molar-refractivity contribution in [2.24, 2.45) is 0 Å². The van der Waals surface area contributed by atoms with Crippen molar-refractivity contribution in [2.45, 2.75) is 5.37 Å². The molecular weight excluding hydrogens is 252 g/mol. The maximum absolute atomic E-state index is 11.6. The number of nitrogens with two attached hydrogens (primary N) is 1. The molecule has 0 saturated carbocycles. The van der Waals surface area contributed by atoms with E-state index in [1.54, 1.807) is 16.7 Å². The predicted molar refractivity (Wildman–Crippen MR) is 62.0 cm³/mol. The fourth-order valence-corrected chi connectivity index (χ4v) is 4.31. The third-order valence-corrected chi connectivity index (χ3v) is 4.90. The molecule has 1 fully saturated rings. The summed E-state index contributed by atoms with van der Waals surface area (Å²) >= 11 is 1.59. The van der Waals surface area contributed by atoms with Crippen LogP contribution in [-0.4, -0.2) is 48.3 Å². The maximum Gasteiger partial charge on any atom is 0.320 e. The van der Waals surface area contributed by atoms with E-state index in [0.29, 0.717) is 12.3 Å². The molecule has 0 bridgehead atoms. The molecule has 16 heavy (non-hydrogen) atoms. The Balaban J connectivity index is 2.30. The van der Waals surface area contributed by atoms with Gasteiger partial charge in [0, 0.05) is 24.3 Å². The van der Waals surface area contributed by atoms with Gasteiger partial charge in [-0.25, -0.2) is 8.42 Å². The molecule has 0 aliphatic carbocycles. The lowest BCUT2D eigenvalue weighted by Gasteiger charge is -2.32. The van der Waals surface area contributed by atoms with Gasteiger partial charge in [0.2, 0.25) is 0 Å². The quantitative estimate of drug-likeness (QED) is 0.768. The van der Waals surface area contributed by atoms with Crippen molar-refractivity contribution in [1.29, 1.82) is 0 Å². The first-order chi connectivity index (χ1) is 7.48. The number of hydrogen-bond donors (Lipinski definition) is 1. The first-order valence-corrected chi connectivity index (χ1v) is 7.71. The van der Waals surface area contributed by atoms with Crippen molar-refractivity contribution < 1.29 is 12.8 Å². The summed E-state index contributed by atoms with van der Waals surface area (Å²) in [5.41, 5.74) is 5.32. The van der Waals surface area contributed by atoms with Gasteiger partial charge in [-0.3, -0.25) is 0 Å². The van der Waals surface area contributed by atoms with E-state index in [2.05, 4.69) is 10.2 Å². The molecule has 0 aromatic carbocycles. The van der Waals surface area contributed by atoms with E-state index in [4.69, 9.17) is 10.2 Å². The van der Waals surface area contributed by atoms with Crippen LogP contribution in [0.5, 0.6) is 0 Å². The van der Waals surface area contributed by atoms with Crippen LogP contribution >= 0.6 is 11.8 Å². The van der Waals surface area contributed by atoms with Crippen LogP contribution in [0.15, 0.2) is 4.42 Å². The summed E-state index contributed by atoms with van der Waals surface area (Å²) in [4.78, 5) is 1.59. The molecule has 1 unspecified atom stereocenters. The lowest BCUT2D eigenvalue weighted by molar-refractivity contribution is 0.533. The van der Waals surface area contributed by atoms with Crippen LogP contribution in [0.2, 0.25) is 0 Å². The minimum absolute atomic E-state index is 0.0551. The van der Waals surface area contributed by atoms with Crippen molar-refractivity contribution in [3.63, 3.8) is 0 Å². The first kappa shape index (κ1) is 11.5. The molecule has 1 saturated heterocycles. The van der Waals surface area contributed by atoms with E-state index >= 15 is 0 Å². The molecule has 1 atom stereocenters. The SMILES string of the molecule is CS(=O)(=O)C1CSCCN1c1nnc(N)o1. The Morgan fingerprint density at radius 1 is 1.56 bits per heavy atom. The average Bonchev–Trinajstić information content (AvgIpc) is 2.64. The van der Waals surface area contributed by atoms with Gasteiger partial charge < -0.3 is 15.1 Å². The molecular formula is C7H12N4O3S2. The summed E-state index contributed by atoms with van der Waals surface area (Å²) in [5.74, 6) is 1.33. The third kappa shape index (κ3) is 2.24. The molecule has 1 aromatic rings. The van der Waals surface area contributed by atoms with Crippen molar-refractivity contribution in [2.75, 3.05) is 34.9 Å². The molecule has 0 amide bonds. The van der Waals surface area contributed by atoms with E-state index in [-0.39, 0.29) is 12.0 Å². The Hall–Kier alpha value is -0.960. The number of nitrogens with zero attached hydrogens (tertiary/aromatic N) is 3. The standard InChI is InChI=1S/C7H12N4O3S2/c1-16(12,13)5-4-15-3-2-11(5)7-10-9-6(8)14-7/h5H,2-4H2,1H3,(H2,8,9). The maximum atomic E-state index is 11.6. The first-order valence-electron chi connectivity index (χ1n) is 4.61. The van der Waals surface area contributed by atoms with Crippen molar-refractivity contribution in [3.8, 4) is 0 Å². The largest absolute Gasteiger partial charge is 0.390 e. The zero-order valence-electron chi connectivity index (χ0n) is 8.66. The number of rotatable bonds is 2. The number of anilines is 2. The summed E-state index contributed by atoms with van der Waals surface area (Å²) in [6.45, 7) is 0.560. The van der Waals surface area contributed by atoms with Crippen LogP contribution < -0.4 is 10.6 Å². The molecule has 0 spiro atoms. The summed E-state index contributed by atoms with van der Waals surface area (Å²) in [5, 5.41) is 6.62. The normalized spacial score (nSPS) is 22.3. The van der Waals surface area contributed by atoms with E-state index in [1.165, 1.54) is 6.26 Å². The smallest absolute Gasteiger partial charge is 0.320 e. The van der Waals surface area contributed by atoms with Gasteiger partial charge in [-0.1, -0.05) is 10.2 Å². The molecule has 2 N–H and O–H groups in total. The van der Waals surface area contributed by atoms with Gasteiger partial charge in [0.1, 0.15) is 5.37 Å². The summed E-state index contributed by atoms with van der Waals surface area (Å²) in [6, 6.07) is 0.119. The highest BCUT2D eigenvalue weighted by atomic mass is 32.2. The van der Waals surface area contributed by atoms with Gasteiger partial charge in [0.05, 0.1) is 0 Å². The van der Waals surface area contributed by atoms with Crippen LogP contribution in [0.25, 0.3) is 0 Å². The van der Waals surface area contributed by atoms with E-state index in [0.717, 1.165) is 5.75 Å². The average molecular weight is 264 g/mol. The van der Waals surface area contributed by atoms with Crippen molar-refractivity contribution >= 4 is 33.6 Å². The lowest BCUT2D eigenvalue weighted by atomic mass is 10.5. The van der Waals surface area contributed by atoms with E-state index in [1.807, 2.05) is 0 Å². The number of thioether (sulfide) groups is 1. The zero-order valence-corrected chi connectivity index (χ0v) is 10.3. The summed E-state index contributed by atoms with van der Waals surface area (Å²) in [7, 11) is -3.18. The molecule has 7 nitrogen and oxygen atoms in total. The molecule has 0 radical (unpaired) electrons. The van der Waals surface area contributed by atoms with Gasteiger partial charge in [-0.2, -0.15) is 11.8 Å². The molecule has 2 rings (SSSR count). The number of nitrogen functional groups attached to an aromatic ring is 1. The predicted octanol–water partition coefficient (Wildman–Crippen LogP) is -0.424. The fraction of sp³-hybridized carbons (Fsp3) is 0.714. The van der Waals surface area contributed by atoms with Gasteiger partial charge in [0.25, 0.3) is 0 Å². The minimum atomic E-state index is -3.18. The fourth-order valence-electron chi connectivity index (χ4n) is 1.50. The number of hydrogen-bond acceptors (Lipinski definition) is 8. The second kappa shape index (κ2) is 4.13. The highest BCUT2D eigenvalue weighted by Crippen LogP contribution is 2.25. The van der Waals surface area contributed by atoms with Crippen molar-refractivity contribution in [1.82, 2.24) is 10.2 Å². The van der Waals surface area contributed by atoms with E-state index in [9.17, 15) is 8.42 Å². The monoisotopic (exact) mass is 264 g/mol. The molecule has 1 aromatic heterocycles.